The first-order valence-electron chi connectivity index (χ1n) is 6.53. The second-order valence-electron chi connectivity index (χ2n) is 4.83. The van der Waals surface area contributed by atoms with Crippen molar-refractivity contribution in [1.82, 2.24) is 0 Å². The Balaban J connectivity index is 2.13. The molecule has 0 radical (unpaired) electrons. The Morgan fingerprint density at radius 1 is 1.29 bits per heavy atom. The number of amides is 1. The first-order valence-corrected chi connectivity index (χ1v) is 7.41. The molecule has 0 aliphatic heterocycles. The number of methoxy groups -OCH3 is 1. The summed E-state index contributed by atoms with van der Waals surface area (Å²) in [6.07, 6.45) is 0.275. The molecule has 4 nitrogen and oxygen atoms in total. The molecule has 0 fully saturated rings. The molecule has 0 saturated heterocycles. The van der Waals surface area contributed by atoms with Gasteiger partial charge in [0.1, 0.15) is 4.88 Å². The predicted octanol–water partition coefficient (Wildman–Crippen LogP) is 3.33. The number of carbonyl (C=O) groups is 2. The number of esters is 1. The highest BCUT2D eigenvalue weighted by Gasteiger charge is 2.18. The Morgan fingerprint density at radius 3 is 2.71 bits per heavy atom. The summed E-state index contributed by atoms with van der Waals surface area (Å²) in [6, 6.07) is 7.79. The molecule has 0 saturated carbocycles. The van der Waals surface area contributed by atoms with Crippen LogP contribution >= 0.6 is 11.3 Å². The Labute approximate surface area is 127 Å². The third kappa shape index (κ3) is 3.70. The van der Waals surface area contributed by atoms with E-state index in [4.69, 9.17) is 4.74 Å². The van der Waals surface area contributed by atoms with Gasteiger partial charge >= 0.3 is 5.97 Å². The summed E-state index contributed by atoms with van der Waals surface area (Å²) in [6.45, 7) is 3.84. The van der Waals surface area contributed by atoms with Gasteiger partial charge in [-0.15, -0.1) is 11.3 Å². The maximum absolute atomic E-state index is 12.1. The summed E-state index contributed by atoms with van der Waals surface area (Å²) >= 11 is 1.27. The van der Waals surface area contributed by atoms with E-state index in [9.17, 15) is 9.59 Å². The van der Waals surface area contributed by atoms with Gasteiger partial charge in [0.2, 0.25) is 5.91 Å². The summed E-state index contributed by atoms with van der Waals surface area (Å²) in [5.41, 5.74) is 3.46. The molecule has 0 aliphatic rings. The lowest BCUT2D eigenvalue weighted by Crippen LogP contribution is -2.16. The summed E-state index contributed by atoms with van der Waals surface area (Å²) in [5.74, 6) is -0.578. The molecule has 5 heteroatoms. The van der Waals surface area contributed by atoms with Crippen LogP contribution in [0.3, 0.4) is 0 Å². The van der Waals surface area contributed by atoms with Gasteiger partial charge in [-0.2, -0.15) is 0 Å². The first kappa shape index (κ1) is 15.3. The molecular formula is C16H17NO3S. The average molecular weight is 303 g/mol. The Morgan fingerprint density at radius 2 is 2.05 bits per heavy atom. The van der Waals surface area contributed by atoms with Crippen molar-refractivity contribution < 1.29 is 14.3 Å². The lowest BCUT2D eigenvalue weighted by Gasteiger charge is -2.08. The quantitative estimate of drug-likeness (QED) is 0.881. The minimum Gasteiger partial charge on any atom is -0.465 e. The Kier molecular flexibility index (Phi) is 4.75. The molecule has 1 aromatic heterocycles. The van der Waals surface area contributed by atoms with Crippen LogP contribution < -0.4 is 5.32 Å². The molecular weight excluding hydrogens is 286 g/mol. The van der Waals surface area contributed by atoms with Crippen LogP contribution in [0.15, 0.2) is 29.6 Å². The molecule has 1 amide bonds. The third-order valence-corrected chi connectivity index (χ3v) is 4.14. The summed E-state index contributed by atoms with van der Waals surface area (Å²) in [7, 11) is 1.33. The largest absolute Gasteiger partial charge is 0.465 e. The van der Waals surface area contributed by atoms with Crippen LogP contribution in [0.5, 0.6) is 0 Å². The zero-order chi connectivity index (χ0) is 15.4. The second-order valence-corrected chi connectivity index (χ2v) is 5.71. The fourth-order valence-corrected chi connectivity index (χ4v) is 2.96. The SMILES string of the molecule is COC(=O)c1scc(C)c1NC(=O)Cc1cccc(C)c1. The van der Waals surface area contributed by atoms with E-state index >= 15 is 0 Å². The molecule has 0 spiro atoms. The minimum atomic E-state index is -0.432. The highest BCUT2D eigenvalue weighted by Crippen LogP contribution is 2.28. The van der Waals surface area contributed by atoms with Crippen LogP contribution in [-0.2, 0) is 16.0 Å². The number of aryl methyl sites for hydroxylation is 2. The zero-order valence-electron chi connectivity index (χ0n) is 12.2. The lowest BCUT2D eigenvalue weighted by atomic mass is 10.1. The molecule has 2 aromatic rings. The van der Waals surface area contributed by atoms with E-state index in [1.165, 1.54) is 18.4 Å². The number of carbonyl (C=O) groups excluding carboxylic acids is 2. The van der Waals surface area contributed by atoms with E-state index in [-0.39, 0.29) is 12.3 Å². The summed E-state index contributed by atoms with van der Waals surface area (Å²) < 4.78 is 4.73. The van der Waals surface area contributed by atoms with Crippen LogP contribution in [0.1, 0.15) is 26.4 Å². The zero-order valence-corrected chi connectivity index (χ0v) is 13.0. The molecule has 110 valence electrons. The van der Waals surface area contributed by atoms with Crippen LogP contribution in [0.25, 0.3) is 0 Å². The molecule has 2 rings (SSSR count). The van der Waals surface area contributed by atoms with Crippen LogP contribution in [0, 0.1) is 13.8 Å². The number of rotatable bonds is 4. The lowest BCUT2D eigenvalue weighted by molar-refractivity contribution is -0.115. The van der Waals surface area contributed by atoms with Gasteiger partial charge in [0, 0.05) is 0 Å². The maximum atomic E-state index is 12.1. The van der Waals surface area contributed by atoms with Gasteiger partial charge in [0.05, 0.1) is 19.2 Å². The van der Waals surface area contributed by atoms with E-state index in [0.29, 0.717) is 10.6 Å². The molecule has 0 aliphatic carbocycles. The van der Waals surface area contributed by atoms with Crippen molar-refractivity contribution in [1.29, 1.82) is 0 Å². The minimum absolute atomic E-state index is 0.146. The van der Waals surface area contributed by atoms with Gasteiger partial charge in [0.15, 0.2) is 0 Å². The number of benzene rings is 1. The molecule has 1 N–H and O–H groups in total. The van der Waals surface area contributed by atoms with Gasteiger partial charge in [-0.05, 0) is 30.4 Å². The highest BCUT2D eigenvalue weighted by atomic mass is 32.1. The number of nitrogens with one attached hydrogen (secondary N) is 1. The Hall–Kier alpha value is -2.14. The standard InChI is InChI=1S/C16H17NO3S/c1-10-5-4-6-12(7-10)8-13(18)17-14-11(2)9-21-15(14)16(19)20-3/h4-7,9H,8H2,1-3H3,(H,17,18). The maximum Gasteiger partial charge on any atom is 0.350 e. The van der Waals surface area contributed by atoms with Crippen LogP contribution in [-0.4, -0.2) is 19.0 Å². The molecule has 1 heterocycles. The molecule has 0 atom stereocenters. The van der Waals surface area contributed by atoms with Crippen molar-refractivity contribution in [3.63, 3.8) is 0 Å². The first-order chi connectivity index (χ1) is 10.0. The van der Waals surface area contributed by atoms with Crippen molar-refractivity contribution in [2.24, 2.45) is 0 Å². The van der Waals surface area contributed by atoms with Crippen LogP contribution in [0.4, 0.5) is 5.69 Å². The summed E-state index contributed by atoms with van der Waals surface area (Å²) in [4.78, 5) is 24.2. The smallest absolute Gasteiger partial charge is 0.350 e. The van der Waals surface area contributed by atoms with Crippen molar-refractivity contribution >= 4 is 28.9 Å². The van der Waals surface area contributed by atoms with E-state index < -0.39 is 5.97 Å². The number of hydrogen-bond donors (Lipinski definition) is 1. The number of thiophene rings is 1. The topological polar surface area (TPSA) is 55.4 Å². The average Bonchev–Trinajstić information content (AvgIpc) is 2.79. The van der Waals surface area contributed by atoms with Gasteiger partial charge in [0.25, 0.3) is 0 Å². The van der Waals surface area contributed by atoms with Crippen molar-refractivity contribution in [2.45, 2.75) is 20.3 Å². The van der Waals surface area contributed by atoms with Crippen molar-refractivity contribution in [2.75, 3.05) is 12.4 Å². The Bertz CT molecular complexity index is 676. The molecule has 0 unspecified atom stereocenters. The van der Waals surface area contributed by atoms with E-state index in [2.05, 4.69) is 5.32 Å². The fraction of sp³-hybridized carbons (Fsp3) is 0.250. The van der Waals surface area contributed by atoms with E-state index in [1.807, 2.05) is 43.5 Å². The molecule has 0 bridgehead atoms. The van der Waals surface area contributed by atoms with Gasteiger partial charge < -0.3 is 10.1 Å². The van der Waals surface area contributed by atoms with E-state index in [0.717, 1.165) is 16.7 Å². The van der Waals surface area contributed by atoms with Crippen molar-refractivity contribution in [3.05, 3.63) is 51.2 Å². The van der Waals surface area contributed by atoms with Gasteiger partial charge in [-0.1, -0.05) is 29.8 Å². The number of anilines is 1. The summed E-state index contributed by atoms with van der Waals surface area (Å²) in [5, 5.41) is 4.64. The highest BCUT2D eigenvalue weighted by molar-refractivity contribution is 7.12. The van der Waals surface area contributed by atoms with E-state index in [1.54, 1.807) is 0 Å². The fourth-order valence-electron chi connectivity index (χ4n) is 2.03. The van der Waals surface area contributed by atoms with Gasteiger partial charge in [-0.25, -0.2) is 4.79 Å². The number of ether oxygens (including phenoxy) is 1. The number of hydrogen-bond acceptors (Lipinski definition) is 4. The normalized spacial score (nSPS) is 10.2. The second kappa shape index (κ2) is 6.54. The molecule has 21 heavy (non-hydrogen) atoms. The van der Waals surface area contributed by atoms with Crippen LogP contribution in [0.2, 0.25) is 0 Å². The monoisotopic (exact) mass is 303 g/mol. The third-order valence-electron chi connectivity index (χ3n) is 3.06. The van der Waals surface area contributed by atoms with Gasteiger partial charge in [-0.3, -0.25) is 4.79 Å². The predicted molar refractivity (Wildman–Crippen MR) is 83.9 cm³/mol. The molecule has 1 aromatic carbocycles. The van der Waals surface area contributed by atoms with Crippen molar-refractivity contribution in [3.8, 4) is 0 Å².